The van der Waals surface area contributed by atoms with E-state index in [9.17, 15) is 18.3 Å². The van der Waals surface area contributed by atoms with Gasteiger partial charge in [0, 0.05) is 12.5 Å². The molecule has 0 bridgehead atoms. The van der Waals surface area contributed by atoms with Crippen LogP contribution in [0, 0.1) is 23.4 Å². The molecule has 5 heteroatoms. The Balaban J connectivity index is 2.21. The van der Waals surface area contributed by atoms with Crippen molar-refractivity contribution in [2.24, 2.45) is 5.92 Å². The maximum Gasteiger partial charge on any atom is 0.194 e. The zero-order valence-corrected chi connectivity index (χ0v) is 9.13. The third-order valence-electron chi connectivity index (χ3n) is 2.99. The summed E-state index contributed by atoms with van der Waals surface area (Å²) in [6.45, 7) is 0.983. The number of aliphatic hydroxyl groups is 1. The van der Waals surface area contributed by atoms with Crippen LogP contribution < -0.4 is 0 Å². The second kappa shape index (κ2) is 5.06. The van der Waals surface area contributed by atoms with Crippen molar-refractivity contribution in [1.82, 2.24) is 0 Å². The molecule has 0 aromatic heterocycles. The van der Waals surface area contributed by atoms with Crippen molar-refractivity contribution in [3.63, 3.8) is 0 Å². The molecule has 1 aliphatic heterocycles. The molecule has 1 saturated heterocycles. The summed E-state index contributed by atoms with van der Waals surface area (Å²) in [5.74, 6) is -4.28. The van der Waals surface area contributed by atoms with E-state index >= 15 is 0 Å². The standard InChI is InChI=1S/C12H13F3O2/c13-9-4-8(5-10(14)11(9)15)12(16)7-2-1-3-17-6-7/h4-5,7,12,16H,1-3,6H2. The summed E-state index contributed by atoms with van der Waals surface area (Å²) in [4.78, 5) is 0. The number of aliphatic hydroxyl groups excluding tert-OH is 1. The summed E-state index contributed by atoms with van der Waals surface area (Å²) < 4.78 is 44.0. The van der Waals surface area contributed by atoms with E-state index in [4.69, 9.17) is 4.74 Å². The molecule has 1 aliphatic rings. The maximum atomic E-state index is 13.0. The minimum Gasteiger partial charge on any atom is -0.388 e. The molecule has 0 radical (unpaired) electrons. The minimum absolute atomic E-state index is 0.0527. The van der Waals surface area contributed by atoms with Crippen molar-refractivity contribution in [3.05, 3.63) is 35.1 Å². The van der Waals surface area contributed by atoms with Gasteiger partial charge in [-0.25, -0.2) is 13.2 Å². The zero-order valence-electron chi connectivity index (χ0n) is 9.13. The third kappa shape index (κ3) is 2.61. The summed E-state index contributed by atoms with van der Waals surface area (Å²) in [5.41, 5.74) is 0.0527. The van der Waals surface area contributed by atoms with Crippen LogP contribution in [0.1, 0.15) is 24.5 Å². The highest BCUT2D eigenvalue weighted by molar-refractivity contribution is 5.22. The predicted octanol–water partition coefficient (Wildman–Crippen LogP) is 2.56. The highest BCUT2D eigenvalue weighted by atomic mass is 19.2. The first-order valence-electron chi connectivity index (χ1n) is 5.50. The van der Waals surface area contributed by atoms with Gasteiger partial charge in [0.2, 0.25) is 0 Å². The largest absolute Gasteiger partial charge is 0.388 e. The Morgan fingerprint density at radius 3 is 2.41 bits per heavy atom. The highest BCUT2D eigenvalue weighted by Gasteiger charge is 2.25. The lowest BCUT2D eigenvalue weighted by atomic mass is 9.91. The molecule has 0 spiro atoms. The number of hydrogen-bond acceptors (Lipinski definition) is 2. The first kappa shape index (κ1) is 12.4. The van der Waals surface area contributed by atoms with E-state index in [-0.39, 0.29) is 11.5 Å². The molecule has 2 atom stereocenters. The topological polar surface area (TPSA) is 29.5 Å². The lowest BCUT2D eigenvalue weighted by Gasteiger charge is -2.27. The zero-order chi connectivity index (χ0) is 12.4. The van der Waals surface area contributed by atoms with Gasteiger partial charge in [-0.15, -0.1) is 0 Å². The normalized spacial score (nSPS) is 22.5. The van der Waals surface area contributed by atoms with Crippen LogP contribution in [0.2, 0.25) is 0 Å². The number of hydrogen-bond donors (Lipinski definition) is 1. The Morgan fingerprint density at radius 2 is 1.88 bits per heavy atom. The van der Waals surface area contributed by atoms with Crippen LogP contribution in [0.3, 0.4) is 0 Å². The minimum atomic E-state index is -1.51. The number of halogens is 3. The van der Waals surface area contributed by atoms with Gasteiger partial charge in [0.1, 0.15) is 0 Å². The smallest absolute Gasteiger partial charge is 0.194 e. The van der Waals surface area contributed by atoms with Gasteiger partial charge in [-0.05, 0) is 30.5 Å². The summed E-state index contributed by atoms with van der Waals surface area (Å²) in [6.07, 6.45) is 0.496. The molecular weight excluding hydrogens is 233 g/mol. The third-order valence-corrected chi connectivity index (χ3v) is 2.99. The summed E-state index contributed by atoms with van der Waals surface area (Å²) in [7, 11) is 0. The van der Waals surface area contributed by atoms with Crippen LogP contribution in [0.5, 0.6) is 0 Å². The summed E-state index contributed by atoms with van der Waals surface area (Å²) in [6, 6.07) is 1.66. The van der Waals surface area contributed by atoms with Crippen LogP contribution in [0.15, 0.2) is 12.1 Å². The van der Waals surface area contributed by atoms with Gasteiger partial charge in [0.15, 0.2) is 17.5 Å². The quantitative estimate of drug-likeness (QED) is 0.813. The average molecular weight is 246 g/mol. The maximum absolute atomic E-state index is 13.0. The number of rotatable bonds is 2. The van der Waals surface area contributed by atoms with Gasteiger partial charge in [-0.2, -0.15) is 0 Å². The SMILES string of the molecule is OC(c1cc(F)c(F)c(F)c1)C1CCCOC1. The van der Waals surface area contributed by atoms with E-state index < -0.39 is 23.6 Å². The van der Waals surface area contributed by atoms with Gasteiger partial charge in [-0.1, -0.05) is 0 Å². The molecule has 17 heavy (non-hydrogen) atoms. The molecule has 0 saturated carbocycles. The van der Waals surface area contributed by atoms with Crippen molar-refractivity contribution < 1.29 is 23.0 Å². The molecule has 2 unspecified atom stereocenters. The lowest BCUT2D eigenvalue weighted by molar-refractivity contribution is -0.0102. The second-order valence-electron chi connectivity index (χ2n) is 4.22. The molecule has 1 fully saturated rings. The van der Waals surface area contributed by atoms with Crippen molar-refractivity contribution in [3.8, 4) is 0 Å². The van der Waals surface area contributed by atoms with Crippen molar-refractivity contribution in [2.45, 2.75) is 18.9 Å². The van der Waals surface area contributed by atoms with E-state index in [1.165, 1.54) is 0 Å². The molecule has 1 N–H and O–H groups in total. The average Bonchev–Trinajstić information content (AvgIpc) is 2.35. The fourth-order valence-corrected chi connectivity index (χ4v) is 2.03. The van der Waals surface area contributed by atoms with E-state index in [1.807, 2.05) is 0 Å². The van der Waals surface area contributed by atoms with Crippen molar-refractivity contribution in [2.75, 3.05) is 13.2 Å². The lowest BCUT2D eigenvalue weighted by Crippen LogP contribution is -2.24. The van der Waals surface area contributed by atoms with Crippen molar-refractivity contribution >= 4 is 0 Å². The van der Waals surface area contributed by atoms with Crippen LogP contribution in [0.4, 0.5) is 13.2 Å². The molecule has 1 aromatic carbocycles. The van der Waals surface area contributed by atoms with Gasteiger partial charge >= 0.3 is 0 Å². The first-order valence-corrected chi connectivity index (χ1v) is 5.50. The Kier molecular flexibility index (Phi) is 3.69. The van der Waals surface area contributed by atoms with Crippen molar-refractivity contribution in [1.29, 1.82) is 0 Å². The van der Waals surface area contributed by atoms with E-state index in [0.29, 0.717) is 13.2 Å². The molecule has 2 rings (SSSR count). The van der Waals surface area contributed by atoms with E-state index in [0.717, 1.165) is 25.0 Å². The molecule has 2 nitrogen and oxygen atoms in total. The predicted molar refractivity (Wildman–Crippen MR) is 54.8 cm³/mol. The van der Waals surface area contributed by atoms with E-state index in [1.54, 1.807) is 0 Å². The molecule has 1 aromatic rings. The molecule has 1 heterocycles. The van der Waals surface area contributed by atoms with Gasteiger partial charge in [0.05, 0.1) is 12.7 Å². The van der Waals surface area contributed by atoms with Gasteiger partial charge in [-0.3, -0.25) is 0 Å². The summed E-state index contributed by atoms with van der Waals surface area (Å²) >= 11 is 0. The Bertz CT molecular complexity index is 380. The fraction of sp³-hybridized carbons (Fsp3) is 0.500. The van der Waals surface area contributed by atoms with Crippen LogP contribution in [0.25, 0.3) is 0 Å². The number of ether oxygens (including phenoxy) is 1. The Hall–Kier alpha value is -1.07. The Labute approximate surface area is 97.0 Å². The monoisotopic (exact) mass is 246 g/mol. The van der Waals surface area contributed by atoms with Gasteiger partial charge < -0.3 is 9.84 Å². The van der Waals surface area contributed by atoms with Crippen LogP contribution >= 0.6 is 0 Å². The fourth-order valence-electron chi connectivity index (χ4n) is 2.03. The Morgan fingerprint density at radius 1 is 1.24 bits per heavy atom. The van der Waals surface area contributed by atoms with Gasteiger partial charge in [0.25, 0.3) is 0 Å². The van der Waals surface area contributed by atoms with Crippen LogP contribution in [-0.2, 0) is 4.74 Å². The molecular formula is C12H13F3O2. The second-order valence-corrected chi connectivity index (χ2v) is 4.22. The summed E-state index contributed by atoms with van der Waals surface area (Å²) in [5, 5.41) is 9.95. The molecule has 94 valence electrons. The molecule has 0 aliphatic carbocycles. The number of benzene rings is 1. The van der Waals surface area contributed by atoms with E-state index in [2.05, 4.69) is 0 Å². The molecule has 0 amide bonds. The van der Waals surface area contributed by atoms with Crippen LogP contribution in [-0.4, -0.2) is 18.3 Å². The highest BCUT2D eigenvalue weighted by Crippen LogP contribution is 2.30. The first-order chi connectivity index (χ1) is 8.09.